The highest BCUT2D eigenvalue weighted by Gasteiger charge is 2.48. The summed E-state index contributed by atoms with van der Waals surface area (Å²) in [5, 5.41) is 11.1. The Kier molecular flexibility index (Phi) is 3.04. The lowest BCUT2D eigenvalue weighted by Gasteiger charge is -2.23. The molecule has 0 amide bonds. The molecule has 1 aliphatic carbocycles. The van der Waals surface area contributed by atoms with Gasteiger partial charge in [0, 0.05) is 5.75 Å². The van der Waals surface area contributed by atoms with E-state index in [1.165, 1.54) is 0 Å². The molecule has 0 radical (unpaired) electrons. The lowest BCUT2D eigenvalue weighted by molar-refractivity contribution is -0.143. The van der Waals surface area contributed by atoms with Crippen LogP contribution in [0.1, 0.15) is 12.8 Å². The molecule has 1 aliphatic rings. The topological polar surface area (TPSA) is 63.3 Å². The molecule has 15 heavy (non-hydrogen) atoms. The average molecular weight is 243 g/mol. The molecule has 1 atom stereocenters. The zero-order valence-corrected chi connectivity index (χ0v) is 9.81. The number of hydrogen-bond acceptors (Lipinski definition) is 4. The van der Waals surface area contributed by atoms with Gasteiger partial charge in [0.2, 0.25) is 0 Å². The molecule has 0 saturated heterocycles. The van der Waals surface area contributed by atoms with Gasteiger partial charge in [0.05, 0.1) is 4.21 Å². The molecule has 0 spiro atoms. The van der Waals surface area contributed by atoms with Gasteiger partial charge >= 0.3 is 5.97 Å². The van der Waals surface area contributed by atoms with Crippen molar-refractivity contribution < 1.29 is 9.90 Å². The highest BCUT2D eigenvalue weighted by atomic mass is 32.2. The van der Waals surface area contributed by atoms with Crippen LogP contribution in [0, 0.1) is 5.92 Å². The second-order valence-corrected chi connectivity index (χ2v) is 6.06. The molecule has 5 heteroatoms. The lowest BCUT2D eigenvalue weighted by Crippen LogP contribution is -2.52. The van der Waals surface area contributed by atoms with E-state index < -0.39 is 11.5 Å². The summed E-state index contributed by atoms with van der Waals surface area (Å²) in [6.45, 7) is 0. The molecule has 2 rings (SSSR count). The first kappa shape index (κ1) is 11.0. The van der Waals surface area contributed by atoms with Crippen molar-refractivity contribution in [2.45, 2.75) is 22.6 Å². The molecule has 0 aliphatic heterocycles. The summed E-state index contributed by atoms with van der Waals surface area (Å²) in [5.74, 6) is -0.232. The minimum atomic E-state index is -1.03. The second kappa shape index (κ2) is 4.15. The minimum Gasteiger partial charge on any atom is -0.480 e. The highest BCUT2D eigenvalue weighted by Crippen LogP contribution is 2.41. The Balaban J connectivity index is 1.98. The summed E-state index contributed by atoms with van der Waals surface area (Å²) in [7, 11) is 0. The molecular formula is C10H13NO2S2. The molecule has 3 N–H and O–H groups in total. The van der Waals surface area contributed by atoms with Crippen LogP contribution >= 0.6 is 23.1 Å². The van der Waals surface area contributed by atoms with E-state index in [4.69, 9.17) is 10.8 Å². The maximum absolute atomic E-state index is 11.1. The van der Waals surface area contributed by atoms with Crippen molar-refractivity contribution in [2.75, 3.05) is 5.75 Å². The van der Waals surface area contributed by atoms with Crippen molar-refractivity contribution in [1.29, 1.82) is 0 Å². The summed E-state index contributed by atoms with van der Waals surface area (Å²) < 4.78 is 1.13. The fourth-order valence-electron chi connectivity index (χ4n) is 1.49. The van der Waals surface area contributed by atoms with Crippen LogP contribution in [0.15, 0.2) is 21.7 Å². The van der Waals surface area contributed by atoms with E-state index in [1.807, 2.05) is 17.5 Å². The maximum atomic E-state index is 11.1. The Morgan fingerprint density at radius 1 is 1.73 bits per heavy atom. The third-order valence-corrected chi connectivity index (χ3v) is 5.00. The molecule has 1 saturated carbocycles. The van der Waals surface area contributed by atoms with E-state index in [1.54, 1.807) is 23.1 Å². The summed E-state index contributed by atoms with van der Waals surface area (Å²) in [4.78, 5) is 11.1. The van der Waals surface area contributed by atoms with E-state index >= 15 is 0 Å². The molecule has 1 fully saturated rings. The largest absolute Gasteiger partial charge is 0.480 e. The van der Waals surface area contributed by atoms with E-state index in [0.29, 0.717) is 5.75 Å². The fourth-order valence-corrected chi connectivity index (χ4v) is 3.47. The van der Waals surface area contributed by atoms with Crippen LogP contribution in [0.5, 0.6) is 0 Å². The minimum absolute atomic E-state index is 0.169. The van der Waals surface area contributed by atoms with Crippen molar-refractivity contribution in [2.24, 2.45) is 11.7 Å². The van der Waals surface area contributed by atoms with Crippen LogP contribution < -0.4 is 5.73 Å². The molecule has 1 aromatic rings. The van der Waals surface area contributed by atoms with Gasteiger partial charge in [-0.05, 0) is 30.2 Å². The normalized spacial score (nSPS) is 19.8. The van der Waals surface area contributed by atoms with Gasteiger partial charge in [-0.3, -0.25) is 4.79 Å². The predicted molar refractivity (Wildman–Crippen MR) is 62.3 cm³/mol. The van der Waals surface area contributed by atoms with Gasteiger partial charge in [-0.1, -0.05) is 6.07 Å². The van der Waals surface area contributed by atoms with E-state index in [0.717, 1.165) is 17.1 Å². The molecule has 82 valence electrons. The van der Waals surface area contributed by atoms with Gasteiger partial charge in [-0.2, -0.15) is 0 Å². The number of thioether (sulfide) groups is 1. The molecule has 1 unspecified atom stereocenters. The van der Waals surface area contributed by atoms with Gasteiger partial charge in [0.15, 0.2) is 0 Å². The summed E-state index contributed by atoms with van der Waals surface area (Å²) >= 11 is 3.17. The highest BCUT2D eigenvalue weighted by molar-refractivity contribution is 8.01. The summed E-state index contributed by atoms with van der Waals surface area (Å²) in [6, 6.07) is 3.95. The predicted octanol–water partition coefficient (Wildman–Crippen LogP) is 2.03. The number of rotatable bonds is 5. The van der Waals surface area contributed by atoms with Crippen LogP contribution in [0.2, 0.25) is 0 Å². The Morgan fingerprint density at radius 3 is 2.93 bits per heavy atom. The third kappa shape index (κ3) is 2.35. The Bertz CT molecular complexity index is 348. The fraction of sp³-hybridized carbons (Fsp3) is 0.500. The average Bonchev–Trinajstić information content (AvgIpc) is 2.93. The van der Waals surface area contributed by atoms with Gasteiger partial charge in [0.25, 0.3) is 0 Å². The first-order chi connectivity index (χ1) is 7.13. The number of carboxylic acid groups (broad SMARTS) is 1. The van der Waals surface area contributed by atoms with Crippen molar-refractivity contribution in [3.8, 4) is 0 Å². The molecular weight excluding hydrogens is 230 g/mol. The Hall–Kier alpha value is -0.520. The summed E-state index contributed by atoms with van der Waals surface area (Å²) in [6.07, 6.45) is 1.90. The van der Waals surface area contributed by atoms with E-state index in [-0.39, 0.29) is 5.92 Å². The SMILES string of the molecule is NC(CSc1cccs1)(C(=O)O)C1CC1. The summed E-state index contributed by atoms with van der Waals surface area (Å²) in [5.41, 5.74) is 4.91. The third-order valence-electron chi connectivity index (χ3n) is 2.65. The molecule has 0 aromatic carbocycles. The number of hydrogen-bond donors (Lipinski definition) is 2. The van der Waals surface area contributed by atoms with Crippen molar-refractivity contribution in [3.05, 3.63) is 17.5 Å². The number of nitrogens with two attached hydrogens (primary N) is 1. The Labute approximate surface area is 96.7 Å². The number of aliphatic carboxylic acids is 1. The second-order valence-electron chi connectivity index (χ2n) is 3.84. The zero-order chi connectivity index (χ0) is 10.9. The smallest absolute Gasteiger partial charge is 0.324 e. The molecule has 0 bridgehead atoms. The Morgan fingerprint density at radius 2 is 2.47 bits per heavy atom. The quantitative estimate of drug-likeness (QED) is 0.777. The van der Waals surface area contributed by atoms with Gasteiger partial charge in [-0.15, -0.1) is 23.1 Å². The van der Waals surface area contributed by atoms with Crippen molar-refractivity contribution in [1.82, 2.24) is 0 Å². The number of carbonyl (C=O) groups is 1. The molecule has 1 aromatic heterocycles. The van der Waals surface area contributed by atoms with Gasteiger partial charge in [0.1, 0.15) is 5.54 Å². The number of thiophene rings is 1. The first-order valence-electron chi connectivity index (χ1n) is 4.81. The standard InChI is InChI=1S/C10H13NO2S2/c11-10(9(12)13,7-3-4-7)6-15-8-2-1-5-14-8/h1-2,5,7H,3-4,6,11H2,(H,12,13). The van der Waals surface area contributed by atoms with Crippen LogP contribution in [-0.2, 0) is 4.79 Å². The monoisotopic (exact) mass is 243 g/mol. The van der Waals surface area contributed by atoms with Gasteiger partial charge in [-0.25, -0.2) is 0 Å². The van der Waals surface area contributed by atoms with E-state index in [9.17, 15) is 4.79 Å². The maximum Gasteiger partial charge on any atom is 0.324 e. The number of carboxylic acids is 1. The van der Waals surface area contributed by atoms with Crippen LogP contribution in [0.25, 0.3) is 0 Å². The first-order valence-corrected chi connectivity index (χ1v) is 6.68. The zero-order valence-electron chi connectivity index (χ0n) is 8.18. The molecule has 3 nitrogen and oxygen atoms in total. The van der Waals surface area contributed by atoms with Crippen molar-refractivity contribution in [3.63, 3.8) is 0 Å². The van der Waals surface area contributed by atoms with Gasteiger partial charge < -0.3 is 10.8 Å². The molecule has 1 heterocycles. The van der Waals surface area contributed by atoms with Crippen molar-refractivity contribution >= 4 is 29.1 Å². The van der Waals surface area contributed by atoms with Crippen LogP contribution in [0.4, 0.5) is 0 Å². The van der Waals surface area contributed by atoms with E-state index in [2.05, 4.69) is 0 Å². The lowest BCUT2D eigenvalue weighted by atomic mass is 9.98. The van der Waals surface area contributed by atoms with Crippen LogP contribution in [-0.4, -0.2) is 22.4 Å². The van der Waals surface area contributed by atoms with Crippen LogP contribution in [0.3, 0.4) is 0 Å².